The molecule has 0 saturated carbocycles. The van der Waals surface area contributed by atoms with Crippen LogP contribution in [0, 0.1) is 6.92 Å². The lowest BCUT2D eigenvalue weighted by Gasteiger charge is -2.03. The van der Waals surface area contributed by atoms with Crippen molar-refractivity contribution in [2.45, 2.75) is 13.3 Å². The molecule has 2 N–H and O–H groups in total. The van der Waals surface area contributed by atoms with Crippen LogP contribution in [0.2, 0.25) is 5.02 Å². The molecular formula is C20H16ClN3S. The highest BCUT2D eigenvalue weighted by Gasteiger charge is 2.12. The zero-order valence-corrected chi connectivity index (χ0v) is 15.2. The van der Waals surface area contributed by atoms with Crippen molar-refractivity contribution in [2.75, 3.05) is 5.73 Å². The summed E-state index contributed by atoms with van der Waals surface area (Å²) in [6, 6.07) is 18.1. The number of halogens is 1. The Morgan fingerprint density at radius 3 is 2.68 bits per heavy atom. The summed E-state index contributed by atoms with van der Waals surface area (Å²) in [5.41, 5.74) is 9.45. The molecular weight excluding hydrogens is 350 g/mol. The minimum Gasteiger partial charge on any atom is -0.383 e. The molecule has 0 saturated heterocycles. The maximum absolute atomic E-state index is 6.28. The van der Waals surface area contributed by atoms with Crippen molar-refractivity contribution in [1.82, 2.24) is 9.97 Å². The van der Waals surface area contributed by atoms with Gasteiger partial charge < -0.3 is 5.73 Å². The average Bonchev–Trinajstić information content (AvgIpc) is 3.00. The summed E-state index contributed by atoms with van der Waals surface area (Å²) in [7, 11) is 0. The number of benzene rings is 2. The van der Waals surface area contributed by atoms with Gasteiger partial charge in [-0.3, -0.25) is 0 Å². The van der Waals surface area contributed by atoms with Gasteiger partial charge in [0.25, 0.3) is 0 Å². The number of nitrogens with two attached hydrogens (primary N) is 1. The number of nitrogen functional groups attached to an aromatic ring is 1. The summed E-state index contributed by atoms with van der Waals surface area (Å²) >= 11 is 7.91. The lowest BCUT2D eigenvalue weighted by molar-refractivity contribution is 1.23. The molecule has 0 spiro atoms. The lowest BCUT2D eigenvalue weighted by Crippen LogP contribution is -1.96. The fraction of sp³-hybridized carbons (Fsp3) is 0.100. The number of hydrogen-bond donors (Lipinski definition) is 1. The maximum Gasteiger partial charge on any atom is 0.163 e. The summed E-state index contributed by atoms with van der Waals surface area (Å²) in [5, 5.41) is 1.68. The van der Waals surface area contributed by atoms with Gasteiger partial charge in [0.15, 0.2) is 5.82 Å². The van der Waals surface area contributed by atoms with E-state index in [1.807, 2.05) is 36.4 Å². The normalized spacial score (nSPS) is 11.1. The Hall–Kier alpha value is -2.43. The molecule has 124 valence electrons. The zero-order valence-electron chi connectivity index (χ0n) is 13.7. The van der Waals surface area contributed by atoms with E-state index in [-0.39, 0.29) is 0 Å². The third kappa shape index (κ3) is 3.23. The van der Waals surface area contributed by atoms with Crippen LogP contribution in [0.15, 0.2) is 54.6 Å². The predicted molar refractivity (Wildman–Crippen MR) is 106 cm³/mol. The number of aryl methyl sites for hydroxylation is 1. The summed E-state index contributed by atoms with van der Waals surface area (Å²) < 4.78 is 0. The molecule has 2 heterocycles. The van der Waals surface area contributed by atoms with Crippen LogP contribution in [-0.2, 0) is 6.42 Å². The molecule has 0 fully saturated rings. The Balaban J connectivity index is 1.76. The fourth-order valence-electron chi connectivity index (χ4n) is 2.82. The first-order valence-corrected chi connectivity index (χ1v) is 9.16. The monoisotopic (exact) mass is 365 g/mol. The maximum atomic E-state index is 6.28. The van der Waals surface area contributed by atoms with Crippen LogP contribution >= 0.6 is 22.9 Å². The first-order valence-electron chi connectivity index (χ1n) is 7.96. The Morgan fingerprint density at radius 2 is 1.88 bits per heavy atom. The standard InChI is InChI=1S/C20H16ClN3S/c1-12-5-4-7-14(9-12)19-23-18(22)16-11-15(25-20(16)24-19)10-13-6-2-3-8-17(13)21/h2-9,11H,10H2,1H3,(H2,22,23,24). The van der Waals surface area contributed by atoms with E-state index in [0.29, 0.717) is 11.6 Å². The zero-order chi connectivity index (χ0) is 17.4. The van der Waals surface area contributed by atoms with Gasteiger partial charge in [0.2, 0.25) is 0 Å². The van der Waals surface area contributed by atoms with Crippen LogP contribution in [-0.4, -0.2) is 9.97 Å². The highest BCUT2D eigenvalue weighted by Crippen LogP contribution is 2.32. The third-order valence-corrected chi connectivity index (χ3v) is 5.47. The van der Waals surface area contributed by atoms with E-state index in [4.69, 9.17) is 22.3 Å². The van der Waals surface area contributed by atoms with Crippen LogP contribution in [0.5, 0.6) is 0 Å². The number of aromatic nitrogens is 2. The molecule has 2 aromatic heterocycles. The van der Waals surface area contributed by atoms with Crippen LogP contribution in [0.25, 0.3) is 21.6 Å². The molecule has 0 radical (unpaired) electrons. The van der Waals surface area contributed by atoms with E-state index in [9.17, 15) is 0 Å². The highest BCUT2D eigenvalue weighted by molar-refractivity contribution is 7.18. The van der Waals surface area contributed by atoms with Crippen molar-refractivity contribution in [2.24, 2.45) is 0 Å². The molecule has 4 aromatic rings. The summed E-state index contributed by atoms with van der Waals surface area (Å²) in [4.78, 5) is 11.3. The Labute approximate surface area is 155 Å². The molecule has 0 aliphatic heterocycles. The van der Waals surface area contributed by atoms with Gasteiger partial charge in [-0.2, -0.15) is 0 Å². The molecule has 5 heteroatoms. The molecule has 2 aromatic carbocycles. The van der Waals surface area contributed by atoms with Gasteiger partial charge >= 0.3 is 0 Å². The van der Waals surface area contributed by atoms with Gasteiger partial charge in [-0.25, -0.2) is 9.97 Å². The molecule has 0 atom stereocenters. The van der Waals surface area contributed by atoms with Gasteiger partial charge in [0, 0.05) is 21.9 Å². The van der Waals surface area contributed by atoms with Crippen LogP contribution < -0.4 is 5.73 Å². The topological polar surface area (TPSA) is 51.8 Å². The summed E-state index contributed by atoms with van der Waals surface area (Å²) in [6.07, 6.45) is 0.764. The van der Waals surface area contributed by atoms with E-state index >= 15 is 0 Å². The number of nitrogens with zero attached hydrogens (tertiary/aromatic N) is 2. The van der Waals surface area contributed by atoms with Crippen molar-refractivity contribution in [3.8, 4) is 11.4 Å². The van der Waals surface area contributed by atoms with Gasteiger partial charge in [-0.15, -0.1) is 11.3 Å². The van der Waals surface area contributed by atoms with E-state index < -0.39 is 0 Å². The number of fused-ring (bicyclic) bond motifs is 1. The van der Waals surface area contributed by atoms with Gasteiger partial charge in [0.05, 0.1) is 5.39 Å². The van der Waals surface area contributed by atoms with Crippen molar-refractivity contribution >= 4 is 39.0 Å². The smallest absolute Gasteiger partial charge is 0.163 e. The SMILES string of the molecule is Cc1cccc(-c2nc(N)c3cc(Cc4ccccc4Cl)sc3n2)c1. The Morgan fingerprint density at radius 1 is 1.04 bits per heavy atom. The molecule has 3 nitrogen and oxygen atoms in total. The number of anilines is 1. The van der Waals surface area contributed by atoms with E-state index in [1.165, 1.54) is 10.4 Å². The average molecular weight is 366 g/mol. The number of hydrogen-bond acceptors (Lipinski definition) is 4. The van der Waals surface area contributed by atoms with Gasteiger partial charge in [-0.05, 0) is 30.7 Å². The van der Waals surface area contributed by atoms with E-state index in [0.717, 1.165) is 32.8 Å². The van der Waals surface area contributed by atoms with Crippen molar-refractivity contribution in [3.63, 3.8) is 0 Å². The van der Waals surface area contributed by atoms with E-state index in [2.05, 4.69) is 30.1 Å². The minimum atomic E-state index is 0.517. The second-order valence-corrected chi connectivity index (χ2v) is 7.52. The van der Waals surface area contributed by atoms with Gasteiger partial charge in [0.1, 0.15) is 10.6 Å². The van der Waals surface area contributed by atoms with Crippen LogP contribution in [0.4, 0.5) is 5.82 Å². The predicted octanol–water partition coefficient (Wildman–Crippen LogP) is 5.49. The van der Waals surface area contributed by atoms with Crippen molar-refractivity contribution < 1.29 is 0 Å². The molecule has 4 rings (SSSR count). The first kappa shape index (κ1) is 16.1. The second-order valence-electron chi connectivity index (χ2n) is 6.00. The largest absolute Gasteiger partial charge is 0.383 e. The third-order valence-electron chi connectivity index (χ3n) is 4.07. The second kappa shape index (κ2) is 6.47. The molecule has 0 aliphatic carbocycles. The van der Waals surface area contributed by atoms with Crippen molar-refractivity contribution in [3.05, 3.63) is 75.6 Å². The van der Waals surface area contributed by atoms with Crippen LogP contribution in [0.1, 0.15) is 16.0 Å². The molecule has 0 aliphatic rings. The summed E-state index contributed by atoms with van der Waals surface area (Å²) in [5.74, 6) is 1.18. The fourth-order valence-corrected chi connectivity index (χ4v) is 4.08. The minimum absolute atomic E-state index is 0.517. The number of rotatable bonds is 3. The molecule has 0 unspecified atom stereocenters. The van der Waals surface area contributed by atoms with Crippen LogP contribution in [0.3, 0.4) is 0 Å². The summed E-state index contributed by atoms with van der Waals surface area (Å²) in [6.45, 7) is 2.05. The first-order chi connectivity index (χ1) is 12.1. The lowest BCUT2D eigenvalue weighted by atomic mass is 10.1. The molecule has 0 amide bonds. The highest BCUT2D eigenvalue weighted by atomic mass is 35.5. The quantitative estimate of drug-likeness (QED) is 0.522. The molecule has 0 bridgehead atoms. The molecule has 25 heavy (non-hydrogen) atoms. The Bertz CT molecular complexity index is 1070. The van der Waals surface area contributed by atoms with Crippen molar-refractivity contribution in [1.29, 1.82) is 0 Å². The Kier molecular flexibility index (Phi) is 4.15. The van der Waals surface area contributed by atoms with Gasteiger partial charge in [-0.1, -0.05) is 53.6 Å². The van der Waals surface area contributed by atoms with E-state index in [1.54, 1.807) is 11.3 Å². The number of thiophene rings is 1.